The van der Waals surface area contributed by atoms with Crippen molar-refractivity contribution < 1.29 is 8.78 Å². The van der Waals surface area contributed by atoms with Gasteiger partial charge in [-0.05, 0) is 47.9 Å². The lowest BCUT2D eigenvalue weighted by Gasteiger charge is -2.17. The van der Waals surface area contributed by atoms with E-state index in [0.717, 1.165) is 5.56 Å². The summed E-state index contributed by atoms with van der Waals surface area (Å²) >= 11 is 8.98. The fraction of sp³-hybridized carbons (Fsp3) is 0.143. The molecule has 0 amide bonds. The van der Waals surface area contributed by atoms with Crippen molar-refractivity contribution in [3.8, 4) is 0 Å². The molecule has 0 bridgehead atoms. The van der Waals surface area contributed by atoms with E-state index >= 15 is 0 Å². The smallest absolute Gasteiger partial charge is 0.141 e. The van der Waals surface area contributed by atoms with Crippen LogP contribution in [0.15, 0.2) is 40.9 Å². The van der Waals surface area contributed by atoms with Crippen LogP contribution in [0.1, 0.15) is 17.2 Å². The molecule has 1 unspecified atom stereocenters. The molecular weight excluding hydrogens is 350 g/mol. The number of benzene rings is 2. The van der Waals surface area contributed by atoms with E-state index in [4.69, 9.17) is 17.4 Å². The van der Waals surface area contributed by atoms with E-state index in [-0.39, 0.29) is 16.9 Å². The second kappa shape index (κ2) is 6.63. The molecule has 6 heteroatoms. The molecule has 0 saturated carbocycles. The van der Waals surface area contributed by atoms with Crippen LogP contribution in [0.4, 0.5) is 8.78 Å². The lowest BCUT2D eigenvalue weighted by molar-refractivity contribution is 0.543. The van der Waals surface area contributed by atoms with Crippen molar-refractivity contribution in [3.05, 3.63) is 68.7 Å². The number of hydrogen-bond donors (Lipinski definition) is 2. The molecule has 0 radical (unpaired) electrons. The molecule has 0 aliphatic heterocycles. The first-order chi connectivity index (χ1) is 9.49. The Labute approximate surface area is 129 Å². The fourth-order valence-corrected chi connectivity index (χ4v) is 2.64. The maximum Gasteiger partial charge on any atom is 0.141 e. The molecule has 2 rings (SSSR count). The average Bonchev–Trinajstić information content (AvgIpc) is 2.38. The van der Waals surface area contributed by atoms with Gasteiger partial charge < -0.3 is 0 Å². The van der Waals surface area contributed by atoms with E-state index < -0.39 is 5.82 Å². The minimum atomic E-state index is -0.471. The van der Waals surface area contributed by atoms with Gasteiger partial charge in [-0.25, -0.2) is 8.78 Å². The molecule has 0 aliphatic rings. The van der Waals surface area contributed by atoms with Crippen molar-refractivity contribution in [1.82, 2.24) is 5.43 Å². The first-order valence-corrected chi connectivity index (χ1v) is 7.02. The number of nitrogens with two attached hydrogens (primary N) is 1. The van der Waals surface area contributed by atoms with Gasteiger partial charge in [-0.3, -0.25) is 11.3 Å². The molecule has 0 heterocycles. The minimum absolute atomic E-state index is 0.0543. The quantitative estimate of drug-likeness (QED) is 0.635. The summed E-state index contributed by atoms with van der Waals surface area (Å²) in [6, 6.07) is 8.70. The number of hydrazine groups is 1. The van der Waals surface area contributed by atoms with Gasteiger partial charge in [0.2, 0.25) is 0 Å². The topological polar surface area (TPSA) is 38.0 Å². The van der Waals surface area contributed by atoms with Gasteiger partial charge in [0.25, 0.3) is 0 Å². The van der Waals surface area contributed by atoms with Crippen molar-refractivity contribution in [2.24, 2.45) is 5.84 Å². The summed E-state index contributed by atoms with van der Waals surface area (Å²) in [5, 5.41) is 0.0543. The highest BCUT2D eigenvalue weighted by Gasteiger charge is 2.13. The Hall–Kier alpha value is -1.01. The number of nitrogens with one attached hydrogen (secondary N) is 1. The lowest BCUT2D eigenvalue weighted by Crippen LogP contribution is -2.29. The summed E-state index contributed by atoms with van der Waals surface area (Å²) < 4.78 is 27.2. The largest absolute Gasteiger partial charge is 0.271 e. The van der Waals surface area contributed by atoms with Crippen LogP contribution in [0.3, 0.4) is 0 Å². The highest BCUT2D eigenvalue weighted by molar-refractivity contribution is 9.10. The van der Waals surface area contributed by atoms with E-state index in [0.29, 0.717) is 16.5 Å². The standard InChI is InChI=1S/C14H12BrClF2N2/c15-10-5-9(6-11(17)7-10)14(20-19)4-8-1-2-13(18)12(16)3-8/h1-3,5-7,14,20H,4,19H2. The summed E-state index contributed by atoms with van der Waals surface area (Å²) in [5.74, 6) is 4.70. The molecule has 0 fully saturated rings. The molecule has 0 aliphatic carbocycles. The molecule has 106 valence electrons. The summed E-state index contributed by atoms with van der Waals surface area (Å²) in [4.78, 5) is 0. The number of rotatable bonds is 4. The first-order valence-electron chi connectivity index (χ1n) is 5.85. The zero-order chi connectivity index (χ0) is 14.7. The number of hydrogen-bond acceptors (Lipinski definition) is 2. The molecule has 0 spiro atoms. The van der Waals surface area contributed by atoms with Crippen LogP contribution < -0.4 is 11.3 Å². The van der Waals surface area contributed by atoms with E-state index in [1.807, 2.05) is 0 Å². The molecule has 2 aromatic carbocycles. The van der Waals surface area contributed by atoms with Crippen LogP contribution in [0, 0.1) is 11.6 Å². The zero-order valence-corrected chi connectivity index (χ0v) is 12.7. The summed E-state index contributed by atoms with van der Waals surface area (Å²) in [5.41, 5.74) is 4.13. The Morgan fingerprint density at radius 2 is 1.95 bits per heavy atom. The van der Waals surface area contributed by atoms with E-state index in [2.05, 4.69) is 21.4 Å². The van der Waals surface area contributed by atoms with Gasteiger partial charge in [-0.1, -0.05) is 33.6 Å². The van der Waals surface area contributed by atoms with Crippen LogP contribution >= 0.6 is 27.5 Å². The normalized spacial score (nSPS) is 12.4. The Balaban J connectivity index is 2.26. The van der Waals surface area contributed by atoms with E-state index in [1.165, 1.54) is 24.3 Å². The van der Waals surface area contributed by atoms with Crippen molar-refractivity contribution in [2.75, 3.05) is 0 Å². The third kappa shape index (κ3) is 3.76. The Morgan fingerprint density at radius 3 is 2.55 bits per heavy atom. The molecule has 0 aromatic heterocycles. The van der Waals surface area contributed by atoms with Gasteiger partial charge in [-0.2, -0.15) is 0 Å². The SMILES string of the molecule is NNC(Cc1ccc(F)c(Cl)c1)c1cc(F)cc(Br)c1. The van der Waals surface area contributed by atoms with Crippen molar-refractivity contribution >= 4 is 27.5 Å². The molecule has 2 aromatic rings. The number of halogens is 4. The summed E-state index contributed by atoms with van der Waals surface area (Å²) in [6.45, 7) is 0. The maximum atomic E-state index is 13.4. The Kier molecular flexibility index (Phi) is 5.10. The molecule has 0 saturated heterocycles. The molecule has 3 N–H and O–H groups in total. The van der Waals surface area contributed by atoms with Crippen molar-refractivity contribution in [1.29, 1.82) is 0 Å². The van der Waals surface area contributed by atoms with Crippen LogP contribution in [-0.2, 0) is 6.42 Å². The Bertz CT molecular complexity index is 602. The van der Waals surface area contributed by atoms with Crippen LogP contribution in [-0.4, -0.2) is 0 Å². The van der Waals surface area contributed by atoms with Gasteiger partial charge in [0.05, 0.1) is 11.1 Å². The van der Waals surface area contributed by atoms with Crippen molar-refractivity contribution in [2.45, 2.75) is 12.5 Å². The van der Waals surface area contributed by atoms with Gasteiger partial charge in [0.1, 0.15) is 11.6 Å². The zero-order valence-electron chi connectivity index (χ0n) is 10.3. The second-order valence-electron chi connectivity index (χ2n) is 4.37. The molecule has 20 heavy (non-hydrogen) atoms. The van der Waals surface area contributed by atoms with Crippen LogP contribution in [0.25, 0.3) is 0 Å². The highest BCUT2D eigenvalue weighted by atomic mass is 79.9. The van der Waals surface area contributed by atoms with E-state index in [1.54, 1.807) is 12.1 Å². The maximum absolute atomic E-state index is 13.4. The predicted molar refractivity (Wildman–Crippen MR) is 79.3 cm³/mol. The summed E-state index contributed by atoms with van der Waals surface area (Å²) in [7, 11) is 0. The second-order valence-corrected chi connectivity index (χ2v) is 5.70. The van der Waals surface area contributed by atoms with Gasteiger partial charge in [0, 0.05) is 4.47 Å². The van der Waals surface area contributed by atoms with E-state index in [9.17, 15) is 8.78 Å². The Morgan fingerprint density at radius 1 is 1.20 bits per heavy atom. The van der Waals surface area contributed by atoms with Crippen LogP contribution in [0.2, 0.25) is 5.02 Å². The van der Waals surface area contributed by atoms with Gasteiger partial charge in [0.15, 0.2) is 0 Å². The summed E-state index contributed by atoms with van der Waals surface area (Å²) in [6.07, 6.45) is 0.465. The average molecular weight is 362 g/mol. The third-order valence-corrected chi connectivity index (χ3v) is 3.66. The van der Waals surface area contributed by atoms with Gasteiger partial charge >= 0.3 is 0 Å². The first kappa shape index (κ1) is 15.4. The third-order valence-electron chi connectivity index (χ3n) is 2.91. The van der Waals surface area contributed by atoms with Gasteiger partial charge in [-0.15, -0.1) is 0 Å². The lowest BCUT2D eigenvalue weighted by atomic mass is 9.99. The molecule has 2 nitrogen and oxygen atoms in total. The van der Waals surface area contributed by atoms with Crippen molar-refractivity contribution in [3.63, 3.8) is 0 Å². The predicted octanol–water partition coefficient (Wildman–Crippen LogP) is 4.13. The molecular formula is C14H12BrClF2N2. The van der Waals surface area contributed by atoms with Crippen LogP contribution in [0.5, 0.6) is 0 Å². The fourth-order valence-electron chi connectivity index (χ4n) is 1.95. The monoisotopic (exact) mass is 360 g/mol. The minimum Gasteiger partial charge on any atom is -0.271 e. The highest BCUT2D eigenvalue weighted by Crippen LogP contribution is 2.24. The molecule has 1 atom stereocenters.